The molecule has 0 fully saturated rings. The van der Waals surface area contributed by atoms with Gasteiger partial charge in [0.05, 0.1) is 7.11 Å². The van der Waals surface area contributed by atoms with Crippen molar-refractivity contribution in [3.8, 4) is 5.75 Å². The molecule has 2 nitrogen and oxygen atoms in total. The van der Waals surface area contributed by atoms with Gasteiger partial charge in [-0.25, -0.2) is 4.39 Å². The van der Waals surface area contributed by atoms with Crippen LogP contribution in [-0.4, -0.2) is 14.2 Å². The molecule has 0 heterocycles. The van der Waals surface area contributed by atoms with E-state index in [0.717, 1.165) is 26.9 Å². The molecule has 0 amide bonds. The first kappa shape index (κ1) is 16.0. The van der Waals surface area contributed by atoms with E-state index in [1.807, 2.05) is 38.2 Å². The lowest BCUT2D eigenvalue weighted by Gasteiger charge is -2.20. The molecule has 4 heteroatoms. The predicted octanol–water partition coefficient (Wildman–Crippen LogP) is 4.41. The van der Waals surface area contributed by atoms with Crippen LogP contribution in [0.2, 0.25) is 0 Å². The van der Waals surface area contributed by atoms with E-state index in [2.05, 4.69) is 21.2 Å². The van der Waals surface area contributed by atoms with Crippen LogP contribution in [0, 0.1) is 12.7 Å². The van der Waals surface area contributed by atoms with Crippen molar-refractivity contribution in [1.82, 2.24) is 5.32 Å². The van der Waals surface area contributed by atoms with Crippen LogP contribution in [0.25, 0.3) is 0 Å². The third kappa shape index (κ3) is 3.83. The van der Waals surface area contributed by atoms with Gasteiger partial charge in [-0.15, -0.1) is 0 Å². The molecule has 21 heavy (non-hydrogen) atoms. The minimum atomic E-state index is -0.199. The van der Waals surface area contributed by atoms with Crippen LogP contribution >= 0.6 is 15.9 Å². The van der Waals surface area contributed by atoms with Crippen LogP contribution in [0.3, 0.4) is 0 Å². The number of nitrogens with one attached hydrogen (secondary N) is 1. The van der Waals surface area contributed by atoms with E-state index < -0.39 is 0 Å². The van der Waals surface area contributed by atoms with E-state index in [0.29, 0.717) is 6.42 Å². The highest BCUT2D eigenvalue weighted by molar-refractivity contribution is 9.10. The van der Waals surface area contributed by atoms with Gasteiger partial charge < -0.3 is 10.1 Å². The van der Waals surface area contributed by atoms with Crippen molar-refractivity contribution in [3.63, 3.8) is 0 Å². The molecule has 1 atom stereocenters. The van der Waals surface area contributed by atoms with Crippen molar-refractivity contribution in [2.45, 2.75) is 19.4 Å². The molecule has 0 aliphatic rings. The maximum Gasteiger partial charge on any atom is 0.123 e. The summed E-state index contributed by atoms with van der Waals surface area (Å²) >= 11 is 3.58. The van der Waals surface area contributed by atoms with E-state index in [4.69, 9.17) is 4.74 Å². The summed E-state index contributed by atoms with van der Waals surface area (Å²) in [6.45, 7) is 2.00. The number of halogens is 2. The Kier molecular flexibility index (Phi) is 5.37. The summed E-state index contributed by atoms with van der Waals surface area (Å²) in [5.41, 5.74) is 3.19. The van der Waals surface area contributed by atoms with Crippen molar-refractivity contribution in [3.05, 3.63) is 63.4 Å². The number of methoxy groups -OCH3 is 1. The summed E-state index contributed by atoms with van der Waals surface area (Å²) in [7, 11) is 3.56. The summed E-state index contributed by atoms with van der Waals surface area (Å²) in [5.74, 6) is 0.611. The number of hydrogen-bond acceptors (Lipinski definition) is 2. The smallest absolute Gasteiger partial charge is 0.123 e. The van der Waals surface area contributed by atoms with Gasteiger partial charge in [-0.1, -0.05) is 22.0 Å². The molecule has 1 unspecified atom stereocenters. The molecule has 0 saturated heterocycles. The molecular formula is C17H19BrFNO. The Morgan fingerprint density at radius 1 is 1.24 bits per heavy atom. The van der Waals surface area contributed by atoms with Crippen LogP contribution < -0.4 is 10.1 Å². The normalized spacial score (nSPS) is 12.2. The van der Waals surface area contributed by atoms with E-state index in [-0.39, 0.29) is 11.9 Å². The van der Waals surface area contributed by atoms with Crippen LogP contribution in [0.4, 0.5) is 4.39 Å². The van der Waals surface area contributed by atoms with Crippen molar-refractivity contribution >= 4 is 15.9 Å². The molecule has 0 spiro atoms. The lowest BCUT2D eigenvalue weighted by Crippen LogP contribution is -2.20. The van der Waals surface area contributed by atoms with E-state index in [1.54, 1.807) is 13.2 Å². The Bertz CT molecular complexity index is 630. The first-order valence-corrected chi connectivity index (χ1v) is 7.60. The SMILES string of the molecule is CNC(Cc1cc(F)ccc1C)c1cc(OC)ccc1Br. The molecule has 0 aliphatic carbocycles. The van der Waals surface area contributed by atoms with Crippen molar-refractivity contribution in [2.75, 3.05) is 14.2 Å². The molecule has 2 aromatic carbocycles. The minimum Gasteiger partial charge on any atom is -0.497 e. The number of hydrogen-bond donors (Lipinski definition) is 1. The van der Waals surface area contributed by atoms with Gasteiger partial charge in [0.25, 0.3) is 0 Å². The van der Waals surface area contributed by atoms with E-state index >= 15 is 0 Å². The summed E-state index contributed by atoms with van der Waals surface area (Å²) in [6, 6.07) is 10.9. The van der Waals surface area contributed by atoms with Gasteiger partial charge in [-0.2, -0.15) is 0 Å². The second kappa shape index (κ2) is 7.05. The van der Waals surface area contributed by atoms with Crippen molar-refractivity contribution in [2.24, 2.45) is 0 Å². The molecule has 2 rings (SSSR count). The second-order valence-corrected chi connectivity index (χ2v) is 5.86. The predicted molar refractivity (Wildman–Crippen MR) is 87.3 cm³/mol. The van der Waals surface area contributed by atoms with Gasteiger partial charge >= 0.3 is 0 Å². The summed E-state index contributed by atoms with van der Waals surface area (Å²) < 4.78 is 19.8. The van der Waals surface area contributed by atoms with Crippen LogP contribution in [0.15, 0.2) is 40.9 Å². The largest absolute Gasteiger partial charge is 0.497 e. The fourth-order valence-electron chi connectivity index (χ4n) is 2.36. The standard InChI is InChI=1S/C17H19BrFNO/c1-11-4-5-13(19)8-12(11)9-17(20-2)15-10-14(21-3)6-7-16(15)18/h4-8,10,17,20H,9H2,1-3H3. The van der Waals surface area contributed by atoms with E-state index in [9.17, 15) is 4.39 Å². The molecule has 0 radical (unpaired) electrons. The topological polar surface area (TPSA) is 21.3 Å². The van der Waals surface area contributed by atoms with Crippen molar-refractivity contribution < 1.29 is 9.13 Å². The van der Waals surface area contributed by atoms with Gasteiger partial charge in [0.2, 0.25) is 0 Å². The number of benzene rings is 2. The first-order chi connectivity index (χ1) is 10.0. The Balaban J connectivity index is 2.34. The number of likely N-dealkylation sites (N-methyl/N-ethyl adjacent to an activating group) is 1. The molecular weight excluding hydrogens is 333 g/mol. The zero-order chi connectivity index (χ0) is 15.4. The number of aryl methyl sites for hydroxylation is 1. The van der Waals surface area contributed by atoms with Gasteiger partial charge in [-0.3, -0.25) is 0 Å². The summed E-state index contributed by atoms with van der Waals surface area (Å²) in [4.78, 5) is 0. The van der Waals surface area contributed by atoms with Crippen LogP contribution in [0.5, 0.6) is 5.75 Å². The monoisotopic (exact) mass is 351 g/mol. The highest BCUT2D eigenvalue weighted by Gasteiger charge is 2.16. The zero-order valence-corrected chi connectivity index (χ0v) is 14.0. The highest BCUT2D eigenvalue weighted by atomic mass is 79.9. The first-order valence-electron chi connectivity index (χ1n) is 6.81. The quantitative estimate of drug-likeness (QED) is 0.861. The Labute approximate surface area is 133 Å². The fraction of sp³-hybridized carbons (Fsp3) is 0.294. The van der Waals surface area contributed by atoms with Gasteiger partial charge in [0.15, 0.2) is 0 Å². The Hall–Kier alpha value is -1.39. The third-order valence-corrected chi connectivity index (χ3v) is 4.38. The summed E-state index contributed by atoms with van der Waals surface area (Å²) in [6.07, 6.45) is 0.714. The molecule has 2 aromatic rings. The average molecular weight is 352 g/mol. The average Bonchev–Trinajstić information content (AvgIpc) is 2.49. The highest BCUT2D eigenvalue weighted by Crippen LogP contribution is 2.30. The third-order valence-electron chi connectivity index (χ3n) is 3.66. The lowest BCUT2D eigenvalue weighted by molar-refractivity contribution is 0.413. The fourth-order valence-corrected chi connectivity index (χ4v) is 2.89. The lowest BCUT2D eigenvalue weighted by atomic mass is 9.96. The number of ether oxygens (including phenoxy) is 1. The zero-order valence-electron chi connectivity index (χ0n) is 12.4. The van der Waals surface area contributed by atoms with Gasteiger partial charge in [0, 0.05) is 10.5 Å². The molecule has 0 bridgehead atoms. The molecule has 0 aliphatic heterocycles. The van der Waals surface area contributed by atoms with Gasteiger partial charge in [-0.05, 0) is 67.4 Å². The minimum absolute atomic E-state index is 0.0787. The second-order valence-electron chi connectivity index (χ2n) is 5.00. The molecule has 1 N–H and O–H groups in total. The maximum absolute atomic E-state index is 13.5. The van der Waals surface area contributed by atoms with Crippen molar-refractivity contribution in [1.29, 1.82) is 0 Å². The summed E-state index contributed by atoms with van der Waals surface area (Å²) in [5, 5.41) is 3.30. The Morgan fingerprint density at radius 2 is 2.00 bits per heavy atom. The van der Waals surface area contributed by atoms with Crippen LogP contribution in [0.1, 0.15) is 22.7 Å². The molecule has 0 saturated carbocycles. The van der Waals surface area contributed by atoms with E-state index in [1.165, 1.54) is 6.07 Å². The molecule has 0 aromatic heterocycles. The van der Waals surface area contributed by atoms with Gasteiger partial charge in [0.1, 0.15) is 11.6 Å². The Morgan fingerprint density at radius 3 is 2.67 bits per heavy atom. The number of rotatable bonds is 5. The maximum atomic E-state index is 13.5. The van der Waals surface area contributed by atoms with Crippen LogP contribution in [-0.2, 0) is 6.42 Å². The molecule has 112 valence electrons.